The molecule has 0 spiro atoms. The molecule has 16 heavy (non-hydrogen) atoms. The molecule has 0 aliphatic rings. The maximum Gasteiger partial charge on any atom is 0.129 e. The first-order chi connectivity index (χ1) is 7.50. The van der Waals surface area contributed by atoms with Crippen molar-refractivity contribution in [2.45, 2.75) is 39.2 Å². The van der Waals surface area contributed by atoms with E-state index in [9.17, 15) is 0 Å². The van der Waals surface area contributed by atoms with Crippen molar-refractivity contribution in [3.63, 3.8) is 0 Å². The highest BCUT2D eigenvalue weighted by Crippen LogP contribution is 2.24. The Morgan fingerprint density at radius 1 is 1.56 bits per heavy atom. The summed E-state index contributed by atoms with van der Waals surface area (Å²) in [6.07, 6.45) is 3.45. The summed E-state index contributed by atoms with van der Waals surface area (Å²) in [6, 6.07) is 2.03. The van der Waals surface area contributed by atoms with Crippen molar-refractivity contribution in [1.82, 2.24) is 4.98 Å². The second-order valence-electron chi connectivity index (χ2n) is 4.33. The van der Waals surface area contributed by atoms with E-state index in [2.05, 4.69) is 40.1 Å². The molecular weight excluding hydrogens is 268 g/mol. The fourth-order valence-corrected chi connectivity index (χ4v) is 1.98. The van der Waals surface area contributed by atoms with E-state index in [4.69, 9.17) is 5.11 Å². The largest absolute Gasteiger partial charge is 0.396 e. The molecule has 0 radical (unpaired) electrons. The quantitative estimate of drug-likeness (QED) is 0.874. The molecule has 4 heteroatoms. The third-order valence-corrected chi connectivity index (χ3v) is 3.34. The standard InChI is InChI=1S/C12H19BrN2O/c1-4-12(3,5-6-16)15-11-9(2)7-10(13)8-14-11/h7-8,16H,4-6H2,1-3H3,(H,14,15). The van der Waals surface area contributed by atoms with E-state index in [-0.39, 0.29) is 12.1 Å². The molecule has 0 saturated carbocycles. The van der Waals surface area contributed by atoms with Gasteiger partial charge in [0.2, 0.25) is 0 Å². The van der Waals surface area contributed by atoms with Crippen molar-refractivity contribution >= 4 is 21.7 Å². The van der Waals surface area contributed by atoms with Crippen molar-refractivity contribution < 1.29 is 5.11 Å². The highest BCUT2D eigenvalue weighted by Gasteiger charge is 2.22. The van der Waals surface area contributed by atoms with Crippen LogP contribution in [-0.4, -0.2) is 22.2 Å². The first-order valence-electron chi connectivity index (χ1n) is 5.52. The van der Waals surface area contributed by atoms with Gasteiger partial charge in [-0.25, -0.2) is 4.98 Å². The Morgan fingerprint density at radius 2 is 2.25 bits per heavy atom. The molecule has 0 saturated heterocycles. The van der Waals surface area contributed by atoms with Crippen LogP contribution in [0.15, 0.2) is 16.7 Å². The van der Waals surface area contributed by atoms with Crippen LogP contribution in [0.4, 0.5) is 5.82 Å². The molecule has 1 atom stereocenters. The first-order valence-corrected chi connectivity index (χ1v) is 6.31. The van der Waals surface area contributed by atoms with Crippen LogP contribution in [0.1, 0.15) is 32.3 Å². The molecule has 0 fully saturated rings. The van der Waals surface area contributed by atoms with Crippen LogP contribution in [0, 0.1) is 6.92 Å². The summed E-state index contributed by atoms with van der Waals surface area (Å²) < 4.78 is 0.982. The first kappa shape index (κ1) is 13.5. The molecule has 1 aromatic heterocycles. The third-order valence-electron chi connectivity index (χ3n) is 2.91. The summed E-state index contributed by atoms with van der Waals surface area (Å²) in [5.41, 5.74) is 1.01. The number of anilines is 1. The number of nitrogens with zero attached hydrogens (tertiary/aromatic N) is 1. The van der Waals surface area contributed by atoms with E-state index < -0.39 is 0 Å². The van der Waals surface area contributed by atoms with Crippen molar-refractivity contribution in [1.29, 1.82) is 0 Å². The van der Waals surface area contributed by atoms with Crippen LogP contribution in [0.25, 0.3) is 0 Å². The summed E-state index contributed by atoms with van der Waals surface area (Å²) in [6.45, 7) is 6.42. The van der Waals surface area contributed by atoms with Crippen molar-refractivity contribution in [2.24, 2.45) is 0 Å². The summed E-state index contributed by atoms with van der Waals surface area (Å²) in [4.78, 5) is 4.35. The Labute approximate surface area is 105 Å². The number of pyridine rings is 1. The van der Waals surface area contributed by atoms with Crippen molar-refractivity contribution in [3.05, 3.63) is 22.3 Å². The highest BCUT2D eigenvalue weighted by atomic mass is 79.9. The van der Waals surface area contributed by atoms with E-state index >= 15 is 0 Å². The molecule has 2 N–H and O–H groups in total. The van der Waals surface area contributed by atoms with Gasteiger partial charge in [0.1, 0.15) is 5.82 Å². The molecule has 3 nitrogen and oxygen atoms in total. The van der Waals surface area contributed by atoms with Gasteiger partial charge >= 0.3 is 0 Å². The van der Waals surface area contributed by atoms with E-state index in [0.29, 0.717) is 0 Å². The molecule has 0 aliphatic carbocycles. The van der Waals surface area contributed by atoms with Crippen LogP contribution in [-0.2, 0) is 0 Å². The second-order valence-corrected chi connectivity index (χ2v) is 5.25. The number of hydrogen-bond acceptors (Lipinski definition) is 3. The lowest BCUT2D eigenvalue weighted by atomic mass is 9.94. The SMILES string of the molecule is CCC(C)(CCO)Nc1ncc(Br)cc1C. The second kappa shape index (κ2) is 5.64. The van der Waals surface area contributed by atoms with Gasteiger partial charge in [0, 0.05) is 22.8 Å². The number of halogens is 1. The maximum absolute atomic E-state index is 9.06. The Kier molecular flexibility index (Phi) is 4.74. The lowest BCUT2D eigenvalue weighted by Crippen LogP contribution is -2.35. The average Bonchev–Trinajstić information content (AvgIpc) is 2.23. The molecule has 0 amide bonds. The molecule has 1 heterocycles. The van der Waals surface area contributed by atoms with Gasteiger partial charge in [-0.2, -0.15) is 0 Å². The molecular formula is C12H19BrN2O. The molecule has 90 valence electrons. The highest BCUT2D eigenvalue weighted by molar-refractivity contribution is 9.10. The van der Waals surface area contributed by atoms with Gasteiger partial charge in [-0.15, -0.1) is 0 Å². The van der Waals surface area contributed by atoms with Crippen LogP contribution in [0.5, 0.6) is 0 Å². The molecule has 0 bridgehead atoms. The van der Waals surface area contributed by atoms with Crippen molar-refractivity contribution in [2.75, 3.05) is 11.9 Å². The maximum atomic E-state index is 9.06. The Hall–Kier alpha value is -0.610. The minimum Gasteiger partial charge on any atom is -0.396 e. The summed E-state index contributed by atoms with van der Waals surface area (Å²) in [5.74, 6) is 0.890. The number of aliphatic hydroxyl groups excluding tert-OH is 1. The molecule has 0 aromatic carbocycles. The zero-order valence-electron chi connectivity index (χ0n) is 10.0. The predicted octanol–water partition coefficient (Wildman–Crippen LogP) is 3.12. The normalized spacial score (nSPS) is 14.6. The number of hydrogen-bond donors (Lipinski definition) is 2. The van der Waals surface area contributed by atoms with E-state index in [1.807, 2.05) is 13.0 Å². The molecule has 1 unspecified atom stereocenters. The topological polar surface area (TPSA) is 45.1 Å². The molecule has 1 rings (SSSR count). The average molecular weight is 287 g/mol. The minimum atomic E-state index is -0.0969. The minimum absolute atomic E-state index is 0.0969. The summed E-state index contributed by atoms with van der Waals surface area (Å²) in [5, 5.41) is 12.5. The van der Waals surface area contributed by atoms with Crippen molar-refractivity contribution in [3.8, 4) is 0 Å². The van der Waals surface area contributed by atoms with Gasteiger partial charge < -0.3 is 10.4 Å². The number of aryl methyl sites for hydroxylation is 1. The van der Waals surface area contributed by atoms with Gasteiger partial charge in [0.05, 0.1) is 0 Å². The number of aliphatic hydroxyl groups is 1. The Bertz CT molecular complexity index is 357. The lowest BCUT2D eigenvalue weighted by molar-refractivity contribution is 0.251. The van der Waals surface area contributed by atoms with Crippen LogP contribution in [0.3, 0.4) is 0 Å². The zero-order valence-corrected chi connectivity index (χ0v) is 11.6. The van der Waals surface area contributed by atoms with Gasteiger partial charge in [0.15, 0.2) is 0 Å². The van der Waals surface area contributed by atoms with E-state index in [1.54, 1.807) is 6.20 Å². The van der Waals surface area contributed by atoms with Crippen LogP contribution >= 0.6 is 15.9 Å². The van der Waals surface area contributed by atoms with Crippen LogP contribution < -0.4 is 5.32 Å². The van der Waals surface area contributed by atoms with Gasteiger partial charge in [-0.1, -0.05) is 6.92 Å². The van der Waals surface area contributed by atoms with Gasteiger partial charge in [0.25, 0.3) is 0 Å². The number of aromatic nitrogens is 1. The number of rotatable bonds is 5. The smallest absolute Gasteiger partial charge is 0.129 e. The zero-order chi connectivity index (χ0) is 12.2. The summed E-state index contributed by atoms with van der Waals surface area (Å²) in [7, 11) is 0. The monoisotopic (exact) mass is 286 g/mol. The van der Waals surface area contributed by atoms with Gasteiger partial charge in [-0.05, 0) is 54.2 Å². The lowest BCUT2D eigenvalue weighted by Gasteiger charge is -2.30. The number of nitrogens with one attached hydrogen (secondary N) is 1. The Balaban J connectivity index is 2.85. The van der Waals surface area contributed by atoms with E-state index in [0.717, 1.165) is 28.7 Å². The van der Waals surface area contributed by atoms with E-state index in [1.165, 1.54) is 0 Å². The molecule has 1 aromatic rings. The fraction of sp³-hybridized carbons (Fsp3) is 0.583. The fourth-order valence-electron chi connectivity index (χ4n) is 1.53. The molecule has 0 aliphatic heterocycles. The predicted molar refractivity (Wildman–Crippen MR) is 70.7 cm³/mol. The Morgan fingerprint density at radius 3 is 2.75 bits per heavy atom. The third kappa shape index (κ3) is 3.46. The van der Waals surface area contributed by atoms with Crippen LogP contribution in [0.2, 0.25) is 0 Å². The summed E-state index contributed by atoms with van der Waals surface area (Å²) >= 11 is 3.39. The van der Waals surface area contributed by atoms with Gasteiger partial charge in [-0.3, -0.25) is 0 Å².